The monoisotopic (exact) mass is 265 g/mol. The van der Waals surface area contributed by atoms with E-state index in [1.807, 2.05) is 6.92 Å². The number of anilines is 1. The van der Waals surface area contributed by atoms with Crippen LogP contribution in [0.2, 0.25) is 0 Å². The van der Waals surface area contributed by atoms with Crippen molar-refractivity contribution in [1.29, 1.82) is 0 Å². The molecule has 1 aliphatic heterocycles. The molecule has 0 fully saturated rings. The number of nitrogens with one attached hydrogen (secondary N) is 1. The molecule has 2 aromatic rings. The molecular formula is C10H11N5O2S. The minimum absolute atomic E-state index is 0.295. The summed E-state index contributed by atoms with van der Waals surface area (Å²) in [5.41, 5.74) is 0.333. The van der Waals surface area contributed by atoms with Crippen LogP contribution in [-0.4, -0.2) is 32.5 Å². The second-order valence-electron chi connectivity index (χ2n) is 3.87. The molecule has 18 heavy (non-hydrogen) atoms. The normalized spacial score (nSPS) is 13.8. The summed E-state index contributed by atoms with van der Waals surface area (Å²) >= 11 is 1.33. The third-order valence-corrected chi connectivity index (χ3v) is 3.24. The summed E-state index contributed by atoms with van der Waals surface area (Å²) in [5.74, 6) is 0.344. The van der Waals surface area contributed by atoms with E-state index >= 15 is 0 Å². The number of amides is 1. The SMILES string of the molecule is Cc1nnc(NC(=O)c2cc3n(n2)CCCO3)s1. The number of fused-ring (bicyclic) bond motifs is 1. The maximum atomic E-state index is 11.9. The molecule has 1 aliphatic rings. The van der Waals surface area contributed by atoms with Gasteiger partial charge in [0.05, 0.1) is 6.61 Å². The highest BCUT2D eigenvalue weighted by Gasteiger charge is 2.18. The molecule has 0 spiro atoms. The molecule has 0 aromatic carbocycles. The number of hydrogen-bond donors (Lipinski definition) is 1. The number of carbonyl (C=O) groups excluding carboxylic acids is 1. The predicted molar refractivity (Wildman–Crippen MR) is 64.9 cm³/mol. The lowest BCUT2D eigenvalue weighted by molar-refractivity contribution is 0.102. The van der Waals surface area contributed by atoms with E-state index < -0.39 is 0 Å². The van der Waals surface area contributed by atoms with Crippen LogP contribution in [0.3, 0.4) is 0 Å². The first kappa shape index (κ1) is 11.1. The third-order valence-electron chi connectivity index (χ3n) is 2.49. The van der Waals surface area contributed by atoms with Gasteiger partial charge in [0.25, 0.3) is 5.91 Å². The first-order chi connectivity index (χ1) is 8.72. The van der Waals surface area contributed by atoms with Crippen molar-refractivity contribution in [1.82, 2.24) is 20.0 Å². The summed E-state index contributed by atoms with van der Waals surface area (Å²) in [7, 11) is 0. The Balaban J connectivity index is 1.78. The van der Waals surface area contributed by atoms with Crippen LogP contribution >= 0.6 is 11.3 Å². The van der Waals surface area contributed by atoms with Gasteiger partial charge in [0.2, 0.25) is 11.0 Å². The minimum Gasteiger partial charge on any atom is -0.478 e. The summed E-state index contributed by atoms with van der Waals surface area (Å²) < 4.78 is 7.10. The lowest BCUT2D eigenvalue weighted by Gasteiger charge is -2.13. The van der Waals surface area contributed by atoms with Crippen LogP contribution < -0.4 is 10.1 Å². The van der Waals surface area contributed by atoms with Crippen LogP contribution in [0.1, 0.15) is 21.9 Å². The van der Waals surface area contributed by atoms with E-state index in [1.54, 1.807) is 10.7 Å². The summed E-state index contributed by atoms with van der Waals surface area (Å²) in [6.07, 6.45) is 0.908. The van der Waals surface area contributed by atoms with Crippen molar-refractivity contribution in [3.63, 3.8) is 0 Å². The van der Waals surface area contributed by atoms with Gasteiger partial charge in [-0.25, -0.2) is 4.68 Å². The van der Waals surface area contributed by atoms with Gasteiger partial charge in [0, 0.05) is 19.0 Å². The molecule has 0 bridgehead atoms. The lowest BCUT2D eigenvalue weighted by Crippen LogP contribution is -2.16. The van der Waals surface area contributed by atoms with Gasteiger partial charge in [0.1, 0.15) is 5.01 Å². The van der Waals surface area contributed by atoms with E-state index in [0.29, 0.717) is 23.3 Å². The Hall–Kier alpha value is -1.96. The van der Waals surface area contributed by atoms with Crippen LogP contribution in [-0.2, 0) is 6.54 Å². The van der Waals surface area contributed by atoms with Crippen molar-refractivity contribution in [3.8, 4) is 5.88 Å². The van der Waals surface area contributed by atoms with E-state index in [9.17, 15) is 4.79 Å². The molecule has 7 nitrogen and oxygen atoms in total. The van der Waals surface area contributed by atoms with Crippen molar-refractivity contribution in [2.75, 3.05) is 11.9 Å². The predicted octanol–water partition coefficient (Wildman–Crippen LogP) is 1.08. The molecule has 94 valence electrons. The zero-order chi connectivity index (χ0) is 12.5. The zero-order valence-electron chi connectivity index (χ0n) is 9.71. The molecule has 2 aromatic heterocycles. The third kappa shape index (κ3) is 2.06. The quantitative estimate of drug-likeness (QED) is 0.878. The molecule has 0 aliphatic carbocycles. The maximum Gasteiger partial charge on any atom is 0.278 e. The van der Waals surface area contributed by atoms with Gasteiger partial charge >= 0.3 is 0 Å². The minimum atomic E-state index is -0.295. The average molecular weight is 265 g/mol. The van der Waals surface area contributed by atoms with E-state index in [4.69, 9.17) is 4.74 Å². The number of rotatable bonds is 2. The Labute approximate surface area is 107 Å². The molecule has 0 radical (unpaired) electrons. The number of ether oxygens (including phenoxy) is 1. The van der Waals surface area contributed by atoms with E-state index in [2.05, 4.69) is 20.6 Å². The largest absolute Gasteiger partial charge is 0.478 e. The molecule has 3 rings (SSSR count). The second-order valence-corrected chi connectivity index (χ2v) is 5.05. The Morgan fingerprint density at radius 1 is 1.56 bits per heavy atom. The van der Waals surface area contributed by atoms with E-state index in [0.717, 1.165) is 18.0 Å². The standard InChI is InChI=1S/C10H11N5O2S/c1-6-12-13-10(18-6)11-9(16)7-5-8-15(14-7)3-2-4-17-8/h5H,2-4H2,1H3,(H,11,13,16). The highest BCUT2D eigenvalue weighted by molar-refractivity contribution is 7.15. The number of hydrogen-bond acceptors (Lipinski definition) is 6. The second kappa shape index (κ2) is 4.37. The highest BCUT2D eigenvalue weighted by Crippen LogP contribution is 2.20. The molecule has 1 amide bonds. The first-order valence-corrected chi connectivity index (χ1v) is 6.36. The van der Waals surface area contributed by atoms with Gasteiger partial charge in [-0.05, 0) is 6.92 Å². The summed E-state index contributed by atoms with van der Waals surface area (Å²) in [6, 6.07) is 1.64. The van der Waals surface area contributed by atoms with Crippen molar-refractivity contribution in [2.24, 2.45) is 0 Å². The lowest BCUT2D eigenvalue weighted by atomic mass is 10.4. The van der Waals surface area contributed by atoms with Gasteiger partial charge in [-0.2, -0.15) is 5.10 Å². The molecule has 0 unspecified atom stereocenters. The smallest absolute Gasteiger partial charge is 0.278 e. The van der Waals surface area contributed by atoms with Crippen molar-refractivity contribution >= 4 is 22.4 Å². The summed E-state index contributed by atoms with van der Waals surface area (Å²) in [6.45, 7) is 3.28. The fourth-order valence-electron chi connectivity index (χ4n) is 1.69. The molecule has 0 saturated carbocycles. The zero-order valence-corrected chi connectivity index (χ0v) is 10.5. The van der Waals surface area contributed by atoms with Gasteiger partial charge in [-0.15, -0.1) is 10.2 Å². The van der Waals surface area contributed by atoms with Gasteiger partial charge in [-0.1, -0.05) is 11.3 Å². The number of nitrogens with zero attached hydrogens (tertiary/aromatic N) is 4. The highest BCUT2D eigenvalue weighted by atomic mass is 32.1. The van der Waals surface area contributed by atoms with Gasteiger partial charge in [0.15, 0.2) is 5.69 Å². The molecule has 0 atom stereocenters. The fraction of sp³-hybridized carbons (Fsp3) is 0.400. The Kier molecular flexibility index (Phi) is 2.71. The van der Waals surface area contributed by atoms with Crippen molar-refractivity contribution < 1.29 is 9.53 Å². The molecule has 0 saturated heterocycles. The topological polar surface area (TPSA) is 81.9 Å². The van der Waals surface area contributed by atoms with Gasteiger partial charge in [-0.3, -0.25) is 10.1 Å². The molecular weight excluding hydrogens is 254 g/mol. The van der Waals surface area contributed by atoms with Crippen molar-refractivity contribution in [3.05, 3.63) is 16.8 Å². The van der Waals surface area contributed by atoms with Crippen LogP contribution in [0.15, 0.2) is 6.07 Å². The van der Waals surface area contributed by atoms with Crippen LogP contribution in [0.25, 0.3) is 0 Å². The fourth-order valence-corrected chi connectivity index (χ4v) is 2.27. The summed E-state index contributed by atoms with van der Waals surface area (Å²) in [5, 5.41) is 15.8. The van der Waals surface area contributed by atoms with Crippen LogP contribution in [0.5, 0.6) is 5.88 Å². The Morgan fingerprint density at radius 3 is 3.17 bits per heavy atom. The Morgan fingerprint density at radius 2 is 2.44 bits per heavy atom. The summed E-state index contributed by atoms with van der Waals surface area (Å²) in [4.78, 5) is 11.9. The number of aryl methyl sites for hydroxylation is 2. The molecule has 8 heteroatoms. The average Bonchev–Trinajstić information content (AvgIpc) is 2.95. The van der Waals surface area contributed by atoms with Gasteiger partial charge < -0.3 is 4.74 Å². The Bertz CT molecular complexity index is 567. The van der Waals surface area contributed by atoms with E-state index in [-0.39, 0.29) is 5.91 Å². The van der Waals surface area contributed by atoms with E-state index in [1.165, 1.54) is 11.3 Å². The van der Waals surface area contributed by atoms with Crippen LogP contribution in [0, 0.1) is 6.92 Å². The first-order valence-electron chi connectivity index (χ1n) is 5.54. The number of aromatic nitrogens is 4. The van der Waals surface area contributed by atoms with Crippen LogP contribution in [0.4, 0.5) is 5.13 Å². The number of carbonyl (C=O) groups is 1. The van der Waals surface area contributed by atoms with Crippen molar-refractivity contribution in [2.45, 2.75) is 19.9 Å². The maximum absolute atomic E-state index is 11.9. The molecule has 1 N–H and O–H groups in total. The molecule has 3 heterocycles.